The first-order chi connectivity index (χ1) is 8.65. The molecule has 2 aromatic carbocycles. The van der Waals surface area contributed by atoms with E-state index in [9.17, 15) is 0 Å². The third-order valence-electron chi connectivity index (χ3n) is 3.10. The molecular weight excluding hydrogens is 286 g/mol. The van der Waals surface area contributed by atoms with Crippen LogP contribution in [0.4, 0.5) is 0 Å². The topological polar surface area (TPSA) is 12.0 Å². The molecule has 0 saturated heterocycles. The molecule has 0 bridgehead atoms. The molecule has 18 heavy (non-hydrogen) atoms. The molecule has 2 aromatic rings. The van der Waals surface area contributed by atoms with Crippen LogP contribution in [0, 0.1) is 6.92 Å². The van der Waals surface area contributed by atoms with Gasteiger partial charge in [0, 0.05) is 17.1 Å². The Morgan fingerprint density at radius 3 is 2.22 bits per heavy atom. The van der Waals surface area contributed by atoms with Crippen LogP contribution in [-0.2, 0) is 6.54 Å². The normalized spacial score (nSPS) is 12.4. The minimum absolute atomic E-state index is 0.361. The first kappa shape index (κ1) is 13.3. The van der Waals surface area contributed by atoms with Crippen LogP contribution in [0.1, 0.15) is 29.7 Å². The van der Waals surface area contributed by atoms with Crippen LogP contribution < -0.4 is 5.32 Å². The third kappa shape index (κ3) is 3.69. The summed E-state index contributed by atoms with van der Waals surface area (Å²) in [6, 6.07) is 17.5. The molecule has 94 valence electrons. The zero-order chi connectivity index (χ0) is 13.0. The average molecular weight is 304 g/mol. The fourth-order valence-corrected chi connectivity index (χ4v) is 2.11. The molecule has 0 radical (unpaired) electrons. The summed E-state index contributed by atoms with van der Waals surface area (Å²) in [5.74, 6) is 0. The first-order valence-electron chi connectivity index (χ1n) is 6.19. The van der Waals surface area contributed by atoms with Crippen LogP contribution in [0.3, 0.4) is 0 Å². The first-order valence-corrected chi connectivity index (χ1v) is 6.99. The Labute approximate surface area is 117 Å². The van der Waals surface area contributed by atoms with Gasteiger partial charge < -0.3 is 5.32 Å². The van der Waals surface area contributed by atoms with E-state index < -0.39 is 0 Å². The zero-order valence-corrected chi connectivity index (χ0v) is 12.4. The molecule has 0 heterocycles. The van der Waals surface area contributed by atoms with Crippen molar-refractivity contribution in [1.29, 1.82) is 0 Å². The van der Waals surface area contributed by atoms with Crippen LogP contribution in [0.15, 0.2) is 53.0 Å². The highest BCUT2D eigenvalue weighted by Crippen LogP contribution is 2.17. The number of aryl methyl sites for hydroxylation is 1. The molecule has 1 N–H and O–H groups in total. The van der Waals surface area contributed by atoms with Crippen molar-refractivity contribution < 1.29 is 0 Å². The summed E-state index contributed by atoms with van der Waals surface area (Å²) in [7, 11) is 0. The van der Waals surface area contributed by atoms with E-state index in [1.807, 2.05) is 0 Å². The van der Waals surface area contributed by atoms with Crippen LogP contribution in [0.2, 0.25) is 0 Å². The number of benzene rings is 2. The zero-order valence-electron chi connectivity index (χ0n) is 10.8. The fourth-order valence-electron chi connectivity index (χ4n) is 1.85. The second kappa shape index (κ2) is 6.17. The van der Waals surface area contributed by atoms with Gasteiger partial charge in [-0.3, -0.25) is 0 Å². The fraction of sp³-hybridized carbons (Fsp3) is 0.250. The quantitative estimate of drug-likeness (QED) is 0.870. The number of hydrogen-bond donors (Lipinski definition) is 1. The van der Waals surface area contributed by atoms with Gasteiger partial charge in [0.05, 0.1) is 0 Å². The van der Waals surface area contributed by atoms with E-state index in [2.05, 4.69) is 83.6 Å². The Morgan fingerprint density at radius 2 is 1.61 bits per heavy atom. The summed E-state index contributed by atoms with van der Waals surface area (Å²) in [6.45, 7) is 5.20. The number of halogens is 1. The minimum Gasteiger partial charge on any atom is -0.306 e. The van der Waals surface area contributed by atoms with Crippen molar-refractivity contribution in [2.75, 3.05) is 0 Å². The van der Waals surface area contributed by atoms with E-state index in [1.165, 1.54) is 16.7 Å². The molecule has 0 aliphatic heterocycles. The molecule has 2 rings (SSSR count). The van der Waals surface area contributed by atoms with Crippen molar-refractivity contribution in [2.45, 2.75) is 26.4 Å². The minimum atomic E-state index is 0.361. The van der Waals surface area contributed by atoms with Gasteiger partial charge in [-0.05, 0) is 37.1 Å². The van der Waals surface area contributed by atoms with Crippen molar-refractivity contribution in [2.24, 2.45) is 0 Å². The van der Waals surface area contributed by atoms with Gasteiger partial charge in [0.15, 0.2) is 0 Å². The van der Waals surface area contributed by atoms with Gasteiger partial charge in [0.2, 0.25) is 0 Å². The number of rotatable bonds is 4. The van der Waals surface area contributed by atoms with Gasteiger partial charge in [-0.15, -0.1) is 0 Å². The molecule has 1 nitrogen and oxygen atoms in total. The predicted molar refractivity (Wildman–Crippen MR) is 80.6 cm³/mol. The van der Waals surface area contributed by atoms with Crippen LogP contribution >= 0.6 is 15.9 Å². The Bertz CT molecular complexity index is 488. The molecule has 0 saturated carbocycles. The highest BCUT2D eigenvalue weighted by Gasteiger charge is 2.04. The maximum Gasteiger partial charge on any atom is 0.0294 e. The molecule has 0 aliphatic carbocycles. The van der Waals surface area contributed by atoms with E-state index in [4.69, 9.17) is 0 Å². The molecular formula is C16H18BrN. The molecule has 0 aliphatic rings. The Balaban J connectivity index is 1.93. The lowest BCUT2D eigenvalue weighted by Crippen LogP contribution is -2.17. The van der Waals surface area contributed by atoms with Crippen molar-refractivity contribution in [3.8, 4) is 0 Å². The summed E-state index contributed by atoms with van der Waals surface area (Å²) in [4.78, 5) is 0. The standard InChI is InChI=1S/C16H18BrN/c1-12-3-5-14(6-4-12)11-18-13(2)15-7-9-16(17)10-8-15/h3-10,13,18H,11H2,1-2H3/t13-/m0/s1. The number of nitrogens with one attached hydrogen (secondary N) is 1. The second-order valence-electron chi connectivity index (χ2n) is 4.64. The van der Waals surface area contributed by atoms with E-state index >= 15 is 0 Å². The van der Waals surface area contributed by atoms with Gasteiger partial charge in [0.25, 0.3) is 0 Å². The van der Waals surface area contributed by atoms with Crippen molar-refractivity contribution >= 4 is 15.9 Å². The maximum absolute atomic E-state index is 3.54. The van der Waals surface area contributed by atoms with Crippen LogP contribution in [0.5, 0.6) is 0 Å². The molecule has 0 unspecified atom stereocenters. The lowest BCUT2D eigenvalue weighted by Gasteiger charge is -2.14. The van der Waals surface area contributed by atoms with Gasteiger partial charge in [-0.1, -0.05) is 57.9 Å². The van der Waals surface area contributed by atoms with Crippen LogP contribution in [-0.4, -0.2) is 0 Å². The lowest BCUT2D eigenvalue weighted by molar-refractivity contribution is 0.574. The van der Waals surface area contributed by atoms with Gasteiger partial charge >= 0.3 is 0 Å². The molecule has 1 atom stereocenters. The van der Waals surface area contributed by atoms with E-state index in [0.717, 1.165) is 11.0 Å². The largest absolute Gasteiger partial charge is 0.306 e. The van der Waals surface area contributed by atoms with Gasteiger partial charge in [-0.2, -0.15) is 0 Å². The van der Waals surface area contributed by atoms with Gasteiger partial charge in [0.1, 0.15) is 0 Å². The van der Waals surface area contributed by atoms with Crippen molar-refractivity contribution in [1.82, 2.24) is 5.32 Å². The van der Waals surface area contributed by atoms with Crippen molar-refractivity contribution in [3.05, 3.63) is 69.7 Å². The average Bonchev–Trinajstić information content (AvgIpc) is 2.38. The molecule has 0 aromatic heterocycles. The summed E-state index contributed by atoms with van der Waals surface area (Å²) in [5.41, 5.74) is 3.94. The highest BCUT2D eigenvalue weighted by atomic mass is 79.9. The molecule has 2 heteroatoms. The molecule has 0 spiro atoms. The maximum atomic E-state index is 3.54. The van der Waals surface area contributed by atoms with Crippen LogP contribution in [0.25, 0.3) is 0 Å². The van der Waals surface area contributed by atoms with Gasteiger partial charge in [-0.25, -0.2) is 0 Å². The van der Waals surface area contributed by atoms with E-state index in [0.29, 0.717) is 6.04 Å². The smallest absolute Gasteiger partial charge is 0.0294 e. The Morgan fingerprint density at radius 1 is 1.00 bits per heavy atom. The second-order valence-corrected chi connectivity index (χ2v) is 5.56. The summed E-state index contributed by atoms with van der Waals surface area (Å²) in [6.07, 6.45) is 0. The molecule has 0 fully saturated rings. The lowest BCUT2D eigenvalue weighted by atomic mass is 10.1. The Kier molecular flexibility index (Phi) is 4.56. The summed E-state index contributed by atoms with van der Waals surface area (Å²) >= 11 is 3.46. The molecule has 0 amide bonds. The monoisotopic (exact) mass is 303 g/mol. The van der Waals surface area contributed by atoms with E-state index in [1.54, 1.807) is 0 Å². The highest BCUT2D eigenvalue weighted by molar-refractivity contribution is 9.10. The predicted octanol–water partition coefficient (Wildman–Crippen LogP) is 4.61. The number of hydrogen-bond acceptors (Lipinski definition) is 1. The third-order valence-corrected chi connectivity index (χ3v) is 3.63. The van der Waals surface area contributed by atoms with E-state index in [-0.39, 0.29) is 0 Å². The SMILES string of the molecule is Cc1ccc(CN[C@@H](C)c2ccc(Br)cc2)cc1. The Hall–Kier alpha value is -1.12. The van der Waals surface area contributed by atoms with Crippen molar-refractivity contribution in [3.63, 3.8) is 0 Å². The summed E-state index contributed by atoms with van der Waals surface area (Å²) in [5, 5.41) is 3.54. The summed E-state index contributed by atoms with van der Waals surface area (Å²) < 4.78 is 1.12.